The number of fused-ring (bicyclic) bond motifs is 1. The third kappa shape index (κ3) is 2.19. The topological polar surface area (TPSA) is 26.0 Å². The minimum absolute atomic E-state index is 0.245. The molecule has 0 saturated heterocycles. The van der Waals surface area contributed by atoms with Crippen molar-refractivity contribution in [3.05, 3.63) is 83.2 Å². The number of hydrogen-bond acceptors (Lipinski definition) is 1. The average Bonchev–Trinajstić information content (AvgIpc) is 2.46. The summed E-state index contributed by atoms with van der Waals surface area (Å²) >= 11 is 0. The van der Waals surface area contributed by atoms with Crippen LogP contribution < -0.4 is 5.73 Å². The maximum Gasteiger partial charge on any atom is 0.128 e. The van der Waals surface area contributed by atoms with Gasteiger partial charge >= 0.3 is 0 Å². The van der Waals surface area contributed by atoms with Crippen LogP contribution in [0.2, 0.25) is 0 Å². The predicted octanol–water partition coefficient (Wildman–Crippen LogP) is 4.34. The maximum absolute atomic E-state index is 14.1. The molecule has 0 radical (unpaired) electrons. The second-order valence-electron chi connectivity index (χ2n) is 5.07. The van der Waals surface area contributed by atoms with Gasteiger partial charge in [0, 0.05) is 5.56 Å². The van der Waals surface area contributed by atoms with Gasteiger partial charge in [0.1, 0.15) is 5.82 Å². The lowest BCUT2D eigenvalue weighted by molar-refractivity contribution is 0.599. The quantitative estimate of drug-likeness (QED) is 0.733. The van der Waals surface area contributed by atoms with E-state index in [1.807, 2.05) is 55.5 Å². The van der Waals surface area contributed by atoms with E-state index in [0.717, 1.165) is 21.9 Å². The lowest BCUT2D eigenvalue weighted by Crippen LogP contribution is -2.14. The highest BCUT2D eigenvalue weighted by Gasteiger charge is 2.15. The normalized spacial score (nSPS) is 12.6. The summed E-state index contributed by atoms with van der Waals surface area (Å²) in [4.78, 5) is 0. The van der Waals surface area contributed by atoms with Crippen LogP contribution in [-0.4, -0.2) is 0 Å². The molecule has 100 valence electrons. The van der Waals surface area contributed by atoms with Gasteiger partial charge in [0.15, 0.2) is 0 Å². The summed E-state index contributed by atoms with van der Waals surface area (Å²) in [5.41, 5.74) is 8.68. The van der Waals surface area contributed by atoms with E-state index in [-0.39, 0.29) is 5.82 Å². The molecule has 2 N–H and O–H groups in total. The molecule has 0 heterocycles. The lowest BCUT2D eigenvalue weighted by atomic mass is 9.93. The van der Waals surface area contributed by atoms with E-state index >= 15 is 0 Å². The molecule has 1 unspecified atom stereocenters. The van der Waals surface area contributed by atoms with Gasteiger partial charge in [0.2, 0.25) is 0 Å². The summed E-state index contributed by atoms with van der Waals surface area (Å²) in [6.45, 7) is 1.87. The molecule has 0 aliphatic rings. The first-order valence-electron chi connectivity index (χ1n) is 6.66. The van der Waals surface area contributed by atoms with E-state index in [4.69, 9.17) is 5.73 Å². The molecule has 0 aromatic heterocycles. The van der Waals surface area contributed by atoms with E-state index in [9.17, 15) is 4.39 Å². The van der Waals surface area contributed by atoms with Crippen molar-refractivity contribution in [3.63, 3.8) is 0 Å². The zero-order chi connectivity index (χ0) is 14.1. The van der Waals surface area contributed by atoms with Gasteiger partial charge in [-0.1, -0.05) is 54.6 Å². The molecule has 0 bridgehead atoms. The zero-order valence-corrected chi connectivity index (χ0v) is 11.3. The van der Waals surface area contributed by atoms with Gasteiger partial charge in [-0.3, -0.25) is 0 Å². The number of hydrogen-bond donors (Lipinski definition) is 1. The second-order valence-corrected chi connectivity index (χ2v) is 5.07. The van der Waals surface area contributed by atoms with Gasteiger partial charge in [-0.2, -0.15) is 0 Å². The Labute approximate surface area is 117 Å². The Morgan fingerprint density at radius 3 is 2.45 bits per heavy atom. The van der Waals surface area contributed by atoms with Crippen LogP contribution in [0.1, 0.15) is 22.7 Å². The molecule has 3 aromatic rings. The van der Waals surface area contributed by atoms with Crippen molar-refractivity contribution in [1.29, 1.82) is 0 Å². The molecule has 0 aliphatic carbocycles. The van der Waals surface area contributed by atoms with Crippen molar-refractivity contribution in [2.24, 2.45) is 5.73 Å². The minimum atomic E-state index is -0.457. The van der Waals surface area contributed by atoms with Gasteiger partial charge in [0.25, 0.3) is 0 Å². The summed E-state index contributed by atoms with van der Waals surface area (Å²) in [6.07, 6.45) is 0. The van der Waals surface area contributed by atoms with Crippen LogP contribution in [-0.2, 0) is 0 Å². The molecular formula is C18H16FN. The highest BCUT2D eigenvalue weighted by atomic mass is 19.1. The van der Waals surface area contributed by atoms with Crippen molar-refractivity contribution >= 4 is 10.8 Å². The first-order chi connectivity index (χ1) is 9.66. The number of aryl methyl sites for hydroxylation is 1. The highest BCUT2D eigenvalue weighted by Crippen LogP contribution is 2.28. The molecule has 2 heteroatoms. The SMILES string of the molecule is Cc1ccc(C(N)c2cccc3ccccc23)c(F)c1. The second kappa shape index (κ2) is 5.06. The Balaban J connectivity index is 2.15. The molecule has 1 nitrogen and oxygen atoms in total. The van der Waals surface area contributed by atoms with Crippen molar-refractivity contribution in [1.82, 2.24) is 0 Å². The zero-order valence-electron chi connectivity index (χ0n) is 11.3. The Morgan fingerprint density at radius 1 is 0.900 bits per heavy atom. The van der Waals surface area contributed by atoms with E-state index in [1.54, 1.807) is 6.07 Å². The standard InChI is InChI=1S/C18H16FN/c1-12-9-10-16(17(19)11-12)18(20)15-8-4-6-13-5-2-3-7-14(13)15/h2-11,18H,20H2,1H3. The summed E-state index contributed by atoms with van der Waals surface area (Å²) in [6, 6.07) is 18.7. The molecule has 20 heavy (non-hydrogen) atoms. The molecular weight excluding hydrogens is 249 g/mol. The Kier molecular flexibility index (Phi) is 3.25. The van der Waals surface area contributed by atoms with Crippen LogP contribution in [0.15, 0.2) is 60.7 Å². The Morgan fingerprint density at radius 2 is 1.65 bits per heavy atom. The van der Waals surface area contributed by atoms with Crippen LogP contribution in [0.3, 0.4) is 0 Å². The summed E-state index contributed by atoms with van der Waals surface area (Å²) < 4.78 is 14.1. The predicted molar refractivity (Wildman–Crippen MR) is 81.1 cm³/mol. The molecule has 0 fully saturated rings. The van der Waals surface area contributed by atoms with Crippen molar-refractivity contribution in [2.75, 3.05) is 0 Å². The van der Waals surface area contributed by atoms with Crippen LogP contribution in [0, 0.1) is 12.7 Å². The van der Waals surface area contributed by atoms with Gasteiger partial charge < -0.3 is 5.73 Å². The van der Waals surface area contributed by atoms with Crippen molar-refractivity contribution in [3.8, 4) is 0 Å². The smallest absolute Gasteiger partial charge is 0.128 e. The fourth-order valence-corrected chi connectivity index (χ4v) is 2.57. The van der Waals surface area contributed by atoms with Crippen LogP contribution >= 0.6 is 0 Å². The number of rotatable bonds is 2. The number of benzene rings is 3. The first-order valence-corrected chi connectivity index (χ1v) is 6.66. The molecule has 0 amide bonds. The van der Waals surface area contributed by atoms with Gasteiger partial charge in [-0.15, -0.1) is 0 Å². The van der Waals surface area contributed by atoms with E-state index < -0.39 is 6.04 Å². The molecule has 0 spiro atoms. The summed E-state index contributed by atoms with van der Waals surface area (Å²) in [5, 5.41) is 2.19. The van der Waals surface area contributed by atoms with E-state index in [1.165, 1.54) is 6.07 Å². The van der Waals surface area contributed by atoms with Gasteiger partial charge in [-0.25, -0.2) is 4.39 Å². The van der Waals surface area contributed by atoms with Gasteiger partial charge in [-0.05, 0) is 34.9 Å². The van der Waals surface area contributed by atoms with Crippen LogP contribution in [0.5, 0.6) is 0 Å². The fraction of sp³-hybridized carbons (Fsp3) is 0.111. The molecule has 3 rings (SSSR count). The number of halogens is 1. The van der Waals surface area contributed by atoms with Crippen LogP contribution in [0.4, 0.5) is 4.39 Å². The molecule has 0 aliphatic heterocycles. The highest BCUT2D eigenvalue weighted by molar-refractivity contribution is 5.86. The molecule has 0 saturated carbocycles. The maximum atomic E-state index is 14.1. The van der Waals surface area contributed by atoms with E-state index in [0.29, 0.717) is 5.56 Å². The average molecular weight is 265 g/mol. The monoisotopic (exact) mass is 265 g/mol. The Hall–Kier alpha value is -2.19. The Bertz CT molecular complexity index is 759. The first kappa shape index (κ1) is 12.8. The van der Waals surface area contributed by atoms with Gasteiger partial charge in [0.05, 0.1) is 6.04 Å². The summed E-state index contributed by atoms with van der Waals surface area (Å²) in [5.74, 6) is -0.245. The summed E-state index contributed by atoms with van der Waals surface area (Å²) in [7, 11) is 0. The largest absolute Gasteiger partial charge is 0.320 e. The van der Waals surface area contributed by atoms with Crippen LogP contribution in [0.25, 0.3) is 10.8 Å². The minimum Gasteiger partial charge on any atom is -0.320 e. The van der Waals surface area contributed by atoms with Crippen molar-refractivity contribution in [2.45, 2.75) is 13.0 Å². The fourth-order valence-electron chi connectivity index (χ4n) is 2.57. The lowest BCUT2D eigenvalue weighted by Gasteiger charge is -2.16. The third-order valence-electron chi connectivity index (χ3n) is 3.65. The van der Waals surface area contributed by atoms with Crippen molar-refractivity contribution < 1.29 is 4.39 Å². The van der Waals surface area contributed by atoms with E-state index in [2.05, 4.69) is 0 Å². The third-order valence-corrected chi connectivity index (χ3v) is 3.65. The molecule has 3 aromatic carbocycles. The number of nitrogens with two attached hydrogens (primary N) is 1. The molecule has 1 atom stereocenters.